The molecule has 2 heterocycles. The summed E-state index contributed by atoms with van der Waals surface area (Å²) in [4.78, 5) is 21.4. The number of ether oxygens (including phenoxy) is 1. The fourth-order valence-corrected chi connectivity index (χ4v) is 2.54. The van der Waals surface area contributed by atoms with Crippen LogP contribution in [0.4, 0.5) is 5.69 Å². The molecule has 0 saturated carbocycles. The number of carbonyl (C=O) groups is 1. The molecule has 6 nitrogen and oxygen atoms in total. The highest BCUT2D eigenvalue weighted by Crippen LogP contribution is 2.29. The van der Waals surface area contributed by atoms with E-state index in [9.17, 15) is 4.79 Å². The summed E-state index contributed by atoms with van der Waals surface area (Å²) < 4.78 is 5.31. The molecule has 0 spiro atoms. The first-order chi connectivity index (χ1) is 9.74. The van der Waals surface area contributed by atoms with E-state index in [0.717, 1.165) is 6.42 Å². The highest BCUT2D eigenvalue weighted by atomic mass is 32.1. The van der Waals surface area contributed by atoms with E-state index in [4.69, 9.17) is 10.5 Å². The predicted octanol–water partition coefficient (Wildman–Crippen LogP) is 1.60. The van der Waals surface area contributed by atoms with Crippen LogP contribution < -0.4 is 11.1 Å². The van der Waals surface area contributed by atoms with Gasteiger partial charge in [0, 0.05) is 18.9 Å². The van der Waals surface area contributed by atoms with Crippen LogP contribution in [0.15, 0.2) is 25.0 Å². The van der Waals surface area contributed by atoms with Crippen molar-refractivity contribution >= 4 is 33.3 Å². The predicted molar refractivity (Wildman–Crippen MR) is 79.8 cm³/mol. The number of rotatable bonds is 7. The first kappa shape index (κ1) is 14.4. The van der Waals surface area contributed by atoms with Gasteiger partial charge < -0.3 is 15.8 Å². The maximum absolute atomic E-state index is 12.0. The summed E-state index contributed by atoms with van der Waals surface area (Å²) >= 11 is 1.24. The molecule has 106 valence electrons. The molecule has 7 heteroatoms. The van der Waals surface area contributed by atoms with E-state index in [1.807, 2.05) is 0 Å². The lowest BCUT2D eigenvalue weighted by Crippen LogP contribution is -2.27. The second-order valence-electron chi connectivity index (χ2n) is 4.00. The first-order valence-corrected chi connectivity index (χ1v) is 7.01. The highest BCUT2D eigenvalue weighted by Gasteiger charge is 2.17. The molecule has 2 aromatic rings. The first-order valence-electron chi connectivity index (χ1n) is 6.20. The van der Waals surface area contributed by atoms with Crippen molar-refractivity contribution in [3.63, 3.8) is 0 Å². The SMILES string of the molecule is C=CCCOCCNC(=O)c1sc2nccnc2c1N. The van der Waals surface area contributed by atoms with Crippen LogP contribution in [0.1, 0.15) is 16.1 Å². The Bertz CT molecular complexity index is 611. The molecule has 0 saturated heterocycles. The quantitative estimate of drug-likeness (QED) is 0.597. The Balaban J connectivity index is 1.91. The number of thiophene rings is 1. The minimum absolute atomic E-state index is 0.223. The zero-order valence-corrected chi connectivity index (χ0v) is 11.8. The maximum Gasteiger partial charge on any atom is 0.263 e. The van der Waals surface area contributed by atoms with Gasteiger partial charge in [0.1, 0.15) is 15.2 Å². The number of hydrogen-bond acceptors (Lipinski definition) is 6. The van der Waals surface area contributed by atoms with Crippen molar-refractivity contribution in [2.75, 3.05) is 25.5 Å². The highest BCUT2D eigenvalue weighted by molar-refractivity contribution is 7.21. The number of nitrogens with one attached hydrogen (secondary N) is 1. The monoisotopic (exact) mass is 292 g/mol. The molecule has 20 heavy (non-hydrogen) atoms. The van der Waals surface area contributed by atoms with Crippen LogP contribution >= 0.6 is 11.3 Å². The topological polar surface area (TPSA) is 90.1 Å². The Morgan fingerprint density at radius 2 is 2.25 bits per heavy atom. The minimum Gasteiger partial charge on any atom is -0.396 e. The van der Waals surface area contributed by atoms with Crippen molar-refractivity contribution in [3.8, 4) is 0 Å². The third kappa shape index (κ3) is 3.31. The van der Waals surface area contributed by atoms with Crippen LogP contribution in [0.3, 0.4) is 0 Å². The number of nitrogens with zero attached hydrogens (tertiary/aromatic N) is 2. The van der Waals surface area contributed by atoms with Gasteiger partial charge in [0.25, 0.3) is 5.91 Å². The van der Waals surface area contributed by atoms with Crippen LogP contribution in [0.2, 0.25) is 0 Å². The van der Waals surface area contributed by atoms with Crippen LogP contribution in [-0.4, -0.2) is 35.6 Å². The molecular formula is C13H16N4O2S. The summed E-state index contributed by atoms with van der Waals surface area (Å²) in [6, 6.07) is 0. The fraction of sp³-hybridized carbons (Fsp3) is 0.308. The number of amides is 1. The summed E-state index contributed by atoms with van der Waals surface area (Å²) in [6.07, 6.45) is 5.72. The van der Waals surface area contributed by atoms with Gasteiger partial charge in [-0.2, -0.15) is 0 Å². The van der Waals surface area contributed by atoms with Gasteiger partial charge in [-0.25, -0.2) is 9.97 Å². The van der Waals surface area contributed by atoms with E-state index in [1.54, 1.807) is 18.5 Å². The molecular weight excluding hydrogens is 276 g/mol. The van der Waals surface area contributed by atoms with Gasteiger partial charge in [0.2, 0.25) is 0 Å². The summed E-state index contributed by atoms with van der Waals surface area (Å²) in [6.45, 7) is 5.11. The molecule has 0 fully saturated rings. The van der Waals surface area contributed by atoms with Crippen LogP contribution in [-0.2, 0) is 4.74 Å². The Kier molecular flexibility index (Phi) is 5.03. The molecule has 0 aromatic carbocycles. The van der Waals surface area contributed by atoms with Crippen molar-refractivity contribution in [3.05, 3.63) is 29.9 Å². The van der Waals surface area contributed by atoms with Crippen molar-refractivity contribution in [2.45, 2.75) is 6.42 Å². The molecule has 0 aliphatic heterocycles. The van der Waals surface area contributed by atoms with Gasteiger partial charge >= 0.3 is 0 Å². The third-order valence-corrected chi connectivity index (χ3v) is 3.67. The maximum atomic E-state index is 12.0. The van der Waals surface area contributed by atoms with E-state index in [0.29, 0.717) is 40.7 Å². The molecule has 0 unspecified atom stereocenters. The van der Waals surface area contributed by atoms with Crippen molar-refractivity contribution in [1.29, 1.82) is 0 Å². The van der Waals surface area contributed by atoms with E-state index in [1.165, 1.54) is 11.3 Å². The molecule has 0 atom stereocenters. The minimum atomic E-state index is -0.223. The fourth-order valence-electron chi connectivity index (χ4n) is 1.60. The largest absolute Gasteiger partial charge is 0.396 e. The lowest BCUT2D eigenvalue weighted by Gasteiger charge is -2.04. The van der Waals surface area contributed by atoms with Crippen molar-refractivity contribution in [2.24, 2.45) is 0 Å². The summed E-state index contributed by atoms with van der Waals surface area (Å²) in [7, 11) is 0. The van der Waals surface area contributed by atoms with Crippen LogP contribution in [0.5, 0.6) is 0 Å². The number of nitrogens with two attached hydrogens (primary N) is 1. The second-order valence-corrected chi connectivity index (χ2v) is 5.00. The number of aromatic nitrogens is 2. The smallest absolute Gasteiger partial charge is 0.263 e. The number of anilines is 1. The van der Waals surface area contributed by atoms with E-state index in [2.05, 4.69) is 21.9 Å². The van der Waals surface area contributed by atoms with Gasteiger partial charge in [-0.05, 0) is 6.42 Å². The number of carbonyl (C=O) groups excluding carboxylic acids is 1. The Labute approximate surface area is 120 Å². The number of fused-ring (bicyclic) bond motifs is 1. The zero-order valence-electron chi connectivity index (χ0n) is 11.0. The number of nitrogen functional groups attached to an aromatic ring is 1. The molecule has 3 N–H and O–H groups in total. The summed E-state index contributed by atoms with van der Waals surface area (Å²) in [5, 5.41) is 2.76. The van der Waals surface area contributed by atoms with Crippen molar-refractivity contribution in [1.82, 2.24) is 15.3 Å². The lowest BCUT2D eigenvalue weighted by molar-refractivity contribution is 0.0922. The Morgan fingerprint density at radius 1 is 1.45 bits per heavy atom. The van der Waals surface area contributed by atoms with Gasteiger partial charge in [0.05, 0.1) is 18.9 Å². The zero-order chi connectivity index (χ0) is 14.4. The van der Waals surface area contributed by atoms with Crippen LogP contribution in [0, 0.1) is 0 Å². The molecule has 2 aromatic heterocycles. The van der Waals surface area contributed by atoms with Gasteiger partial charge in [-0.15, -0.1) is 17.9 Å². The summed E-state index contributed by atoms with van der Waals surface area (Å²) in [5.74, 6) is -0.223. The Hall–Kier alpha value is -1.99. The third-order valence-electron chi connectivity index (χ3n) is 2.57. The Morgan fingerprint density at radius 3 is 3.00 bits per heavy atom. The van der Waals surface area contributed by atoms with Gasteiger partial charge in [-0.1, -0.05) is 6.08 Å². The van der Waals surface area contributed by atoms with E-state index >= 15 is 0 Å². The average Bonchev–Trinajstić information content (AvgIpc) is 2.80. The molecule has 0 bridgehead atoms. The molecule has 1 amide bonds. The second kappa shape index (κ2) is 6.97. The van der Waals surface area contributed by atoms with E-state index in [-0.39, 0.29) is 5.91 Å². The molecule has 0 radical (unpaired) electrons. The lowest BCUT2D eigenvalue weighted by atomic mass is 10.3. The summed E-state index contributed by atoms with van der Waals surface area (Å²) in [5.41, 5.74) is 6.87. The van der Waals surface area contributed by atoms with Gasteiger partial charge in [-0.3, -0.25) is 4.79 Å². The molecule has 0 aliphatic carbocycles. The standard InChI is InChI=1S/C13H16N4O2S/c1-2-3-7-19-8-6-16-12(18)11-9(14)10-13(20-11)17-5-4-15-10/h2,4-5H,1,3,6-8,14H2,(H,16,18). The molecule has 2 rings (SSSR count). The van der Waals surface area contributed by atoms with Crippen LogP contribution in [0.25, 0.3) is 10.3 Å². The van der Waals surface area contributed by atoms with Crippen molar-refractivity contribution < 1.29 is 9.53 Å². The van der Waals surface area contributed by atoms with E-state index < -0.39 is 0 Å². The number of hydrogen-bond donors (Lipinski definition) is 2. The van der Waals surface area contributed by atoms with Gasteiger partial charge in [0.15, 0.2) is 0 Å². The molecule has 0 aliphatic rings. The average molecular weight is 292 g/mol. The normalized spacial score (nSPS) is 10.6.